The van der Waals surface area contributed by atoms with Crippen molar-refractivity contribution in [3.8, 4) is 10.6 Å². The van der Waals surface area contributed by atoms with Crippen molar-refractivity contribution in [1.29, 1.82) is 0 Å². The van der Waals surface area contributed by atoms with Crippen LogP contribution < -0.4 is 0 Å². The number of rotatable bonds is 3. The van der Waals surface area contributed by atoms with Crippen molar-refractivity contribution in [1.82, 2.24) is 15.2 Å². The molecule has 0 saturated carbocycles. The fourth-order valence-corrected chi connectivity index (χ4v) is 2.11. The zero-order valence-corrected chi connectivity index (χ0v) is 8.58. The van der Waals surface area contributed by atoms with E-state index in [2.05, 4.69) is 15.2 Å². The lowest BCUT2D eigenvalue weighted by Crippen LogP contribution is -1.89. The monoisotopic (exact) mass is 209 g/mol. The van der Waals surface area contributed by atoms with E-state index in [0.29, 0.717) is 6.42 Å². The van der Waals surface area contributed by atoms with E-state index in [4.69, 9.17) is 0 Å². The second-order valence-corrected chi connectivity index (χ2v) is 4.04. The Morgan fingerprint density at radius 1 is 1.57 bits per heavy atom. The molecule has 0 aliphatic rings. The summed E-state index contributed by atoms with van der Waals surface area (Å²) in [6.45, 7) is 1.95. The van der Waals surface area contributed by atoms with E-state index in [1.165, 1.54) is 11.3 Å². The van der Waals surface area contributed by atoms with Crippen LogP contribution in [-0.2, 0) is 0 Å². The maximum absolute atomic E-state index is 9.59. The molecule has 2 rings (SSSR count). The topological polar surface area (TPSA) is 61.8 Å². The molecule has 1 atom stereocenters. The molecule has 2 aromatic rings. The number of thiazole rings is 1. The minimum Gasteiger partial charge on any atom is -0.388 e. The molecule has 2 heterocycles. The van der Waals surface area contributed by atoms with E-state index >= 15 is 0 Å². The molecular weight excluding hydrogens is 198 g/mol. The number of nitrogens with one attached hydrogen (secondary N) is 1. The van der Waals surface area contributed by atoms with Gasteiger partial charge < -0.3 is 5.11 Å². The van der Waals surface area contributed by atoms with Gasteiger partial charge in [-0.05, 0) is 6.42 Å². The summed E-state index contributed by atoms with van der Waals surface area (Å²) in [6.07, 6.45) is 5.56. The molecule has 0 fully saturated rings. The molecular formula is C9H11N3OS. The molecule has 4 nitrogen and oxygen atoms in total. The van der Waals surface area contributed by atoms with E-state index < -0.39 is 6.10 Å². The zero-order valence-electron chi connectivity index (χ0n) is 7.77. The van der Waals surface area contributed by atoms with E-state index in [-0.39, 0.29) is 0 Å². The summed E-state index contributed by atoms with van der Waals surface area (Å²) >= 11 is 1.50. The number of aliphatic hydroxyl groups is 1. The first-order chi connectivity index (χ1) is 6.81. The van der Waals surface area contributed by atoms with Crippen LogP contribution in [0.15, 0.2) is 18.6 Å². The summed E-state index contributed by atoms with van der Waals surface area (Å²) in [7, 11) is 0. The maximum atomic E-state index is 9.59. The molecule has 2 aromatic heterocycles. The van der Waals surface area contributed by atoms with E-state index in [1.807, 2.05) is 6.92 Å². The quantitative estimate of drug-likeness (QED) is 0.812. The highest BCUT2D eigenvalue weighted by atomic mass is 32.1. The molecule has 74 valence electrons. The first kappa shape index (κ1) is 9.36. The molecule has 0 amide bonds. The van der Waals surface area contributed by atoms with Gasteiger partial charge in [0.2, 0.25) is 0 Å². The second kappa shape index (κ2) is 3.89. The van der Waals surface area contributed by atoms with Gasteiger partial charge in [0.05, 0.1) is 17.2 Å². The molecule has 5 heteroatoms. The standard InChI is InChI=1S/C9H11N3OS/c1-2-7(13)8-5-10-9(14-8)6-3-11-12-4-6/h3-5,7,13H,2H2,1H3,(H,11,12)/t7-/m1/s1. The third kappa shape index (κ3) is 1.69. The Morgan fingerprint density at radius 2 is 2.43 bits per heavy atom. The Hall–Kier alpha value is -1.20. The molecule has 0 aliphatic carbocycles. The van der Waals surface area contributed by atoms with Gasteiger partial charge in [-0.25, -0.2) is 4.98 Å². The van der Waals surface area contributed by atoms with Gasteiger partial charge in [0, 0.05) is 18.0 Å². The zero-order chi connectivity index (χ0) is 9.97. The number of nitrogens with zero attached hydrogens (tertiary/aromatic N) is 2. The van der Waals surface area contributed by atoms with Crippen molar-refractivity contribution in [3.63, 3.8) is 0 Å². The van der Waals surface area contributed by atoms with Gasteiger partial charge in [-0.1, -0.05) is 6.92 Å². The Labute approximate surface area is 85.6 Å². The lowest BCUT2D eigenvalue weighted by Gasteiger charge is -2.00. The summed E-state index contributed by atoms with van der Waals surface area (Å²) in [6, 6.07) is 0. The molecule has 0 bridgehead atoms. The average Bonchev–Trinajstić information content (AvgIpc) is 2.86. The van der Waals surface area contributed by atoms with Gasteiger partial charge >= 0.3 is 0 Å². The summed E-state index contributed by atoms with van der Waals surface area (Å²) in [4.78, 5) is 5.13. The summed E-state index contributed by atoms with van der Waals surface area (Å²) in [5.41, 5.74) is 0.963. The predicted molar refractivity (Wildman–Crippen MR) is 54.9 cm³/mol. The van der Waals surface area contributed by atoms with Crippen molar-refractivity contribution in [3.05, 3.63) is 23.5 Å². The van der Waals surface area contributed by atoms with E-state index in [1.54, 1.807) is 18.6 Å². The van der Waals surface area contributed by atoms with Crippen LogP contribution in [0, 0.1) is 0 Å². The fraction of sp³-hybridized carbons (Fsp3) is 0.333. The third-order valence-corrected chi connectivity index (χ3v) is 3.13. The van der Waals surface area contributed by atoms with Gasteiger partial charge in [-0.15, -0.1) is 11.3 Å². The average molecular weight is 209 g/mol. The minimum absolute atomic E-state index is 0.395. The number of aliphatic hydroxyl groups excluding tert-OH is 1. The van der Waals surface area contributed by atoms with Crippen LogP contribution in [0.3, 0.4) is 0 Å². The van der Waals surface area contributed by atoms with Crippen molar-refractivity contribution in [2.75, 3.05) is 0 Å². The lowest BCUT2D eigenvalue weighted by molar-refractivity contribution is 0.177. The SMILES string of the molecule is CC[C@@H](O)c1cnc(-c2cn[nH]c2)s1. The Morgan fingerprint density at radius 3 is 3.07 bits per heavy atom. The molecule has 0 saturated heterocycles. The van der Waals surface area contributed by atoms with Gasteiger partial charge in [0.15, 0.2) is 0 Å². The van der Waals surface area contributed by atoms with E-state index in [9.17, 15) is 5.11 Å². The highest BCUT2D eigenvalue weighted by Crippen LogP contribution is 2.29. The van der Waals surface area contributed by atoms with Crippen molar-refractivity contribution in [2.45, 2.75) is 19.4 Å². The van der Waals surface area contributed by atoms with Crippen LogP contribution in [0.1, 0.15) is 24.3 Å². The normalized spacial score (nSPS) is 13.0. The van der Waals surface area contributed by atoms with Crippen molar-refractivity contribution < 1.29 is 5.11 Å². The Bertz CT molecular complexity index is 396. The van der Waals surface area contributed by atoms with Crippen molar-refractivity contribution in [2.24, 2.45) is 0 Å². The van der Waals surface area contributed by atoms with Gasteiger partial charge in [-0.2, -0.15) is 5.10 Å². The first-order valence-electron chi connectivity index (χ1n) is 4.44. The largest absolute Gasteiger partial charge is 0.388 e. The molecule has 0 unspecified atom stereocenters. The molecule has 0 aliphatic heterocycles. The number of hydrogen-bond donors (Lipinski definition) is 2. The molecule has 0 spiro atoms. The van der Waals surface area contributed by atoms with Crippen LogP contribution in [-0.4, -0.2) is 20.3 Å². The minimum atomic E-state index is -0.395. The molecule has 0 radical (unpaired) electrons. The Balaban J connectivity index is 2.26. The summed E-state index contributed by atoms with van der Waals surface area (Å²) < 4.78 is 0. The van der Waals surface area contributed by atoms with Crippen LogP contribution >= 0.6 is 11.3 Å². The van der Waals surface area contributed by atoms with Crippen molar-refractivity contribution >= 4 is 11.3 Å². The highest BCUT2D eigenvalue weighted by molar-refractivity contribution is 7.15. The number of hydrogen-bond acceptors (Lipinski definition) is 4. The molecule has 0 aromatic carbocycles. The highest BCUT2D eigenvalue weighted by Gasteiger charge is 2.10. The van der Waals surface area contributed by atoms with E-state index in [0.717, 1.165) is 15.4 Å². The van der Waals surface area contributed by atoms with Crippen LogP contribution in [0.5, 0.6) is 0 Å². The smallest absolute Gasteiger partial charge is 0.126 e. The summed E-state index contributed by atoms with van der Waals surface area (Å²) in [5.74, 6) is 0. The van der Waals surface area contributed by atoms with Gasteiger partial charge in [0.25, 0.3) is 0 Å². The second-order valence-electron chi connectivity index (χ2n) is 2.98. The van der Waals surface area contributed by atoms with Crippen LogP contribution in [0.4, 0.5) is 0 Å². The number of aromatic amines is 1. The fourth-order valence-electron chi connectivity index (χ4n) is 1.14. The summed E-state index contributed by atoms with van der Waals surface area (Å²) in [5, 5.41) is 17.1. The Kier molecular flexibility index (Phi) is 2.60. The maximum Gasteiger partial charge on any atom is 0.126 e. The molecule has 2 N–H and O–H groups in total. The molecule has 14 heavy (non-hydrogen) atoms. The van der Waals surface area contributed by atoms with Crippen LogP contribution in [0.2, 0.25) is 0 Å². The van der Waals surface area contributed by atoms with Gasteiger partial charge in [0.1, 0.15) is 5.01 Å². The van der Waals surface area contributed by atoms with Gasteiger partial charge in [-0.3, -0.25) is 5.10 Å². The predicted octanol–water partition coefficient (Wildman–Crippen LogP) is 1.98. The number of H-pyrrole nitrogens is 1. The lowest BCUT2D eigenvalue weighted by atomic mass is 10.2. The first-order valence-corrected chi connectivity index (χ1v) is 5.26. The third-order valence-electron chi connectivity index (χ3n) is 1.98. The van der Waals surface area contributed by atoms with Crippen LogP contribution in [0.25, 0.3) is 10.6 Å². The number of aromatic nitrogens is 3.